The highest BCUT2D eigenvalue weighted by atomic mass is 16.6. The zero-order valence-electron chi connectivity index (χ0n) is 15.1. The number of ether oxygens (including phenoxy) is 3. The van der Waals surface area contributed by atoms with Crippen LogP contribution >= 0.6 is 0 Å². The zero-order chi connectivity index (χ0) is 18.1. The lowest BCUT2D eigenvalue weighted by molar-refractivity contribution is 0.0381. The predicted octanol–water partition coefficient (Wildman–Crippen LogP) is 1.79. The number of nitrogens with zero attached hydrogens (tertiary/aromatic N) is 3. The Morgan fingerprint density at radius 2 is 2.19 bits per heavy atom. The van der Waals surface area contributed by atoms with Gasteiger partial charge in [-0.15, -0.1) is 0 Å². The quantitative estimate of drug-likeness (QED) is 0.835. The first-order chi connectivity index (χ1) is 12.7. The molecule has 1 amide bonds. The molecule has 0 unspecified atom stereocenters. The molecule has 7 heteroatoms. The summed E-state index contributed by atoms with van der Waals surface area (Å²) in [4.78, 5) is 19.7. The van der Waals surface area contributed by atoms with Crippen molar-refractivity contribution in [2.45, 2.75) is 25.9 Å². The fourth-order valence-corrected chi connectivity index (χ4v) is 3.56. The van der Waals surface area contributed by atoms with E-state index in [2.05, 4.69) is 4.98 Å². The van der Waals surface area contributed by atoms with Gasteiger partial charge in [-0.3, -0.25) is 4.79 Å². The first-order valence-electron chi connectivity index (χ1n) is 8.95. The summed E-state index contributed by atoms with van der Waals surface area (Å²) in [6.45, 7) is 4.50. The summed E-state index contributed by atoms with van der Waals surface area (Å²) in [6.07, 6.45) is 2.53. The number of rotatable bonds is 4. The zero-order valence-corrected chi connectivity index (χ0v) is 15.1. The molecule has 0 saturated heterocycles. The number of imidazole rings is 1. The van der Waals surface area contributed by atoms with Gasteiger partial charge in [-0.05, 0) is 19.1 Å². The molecule has 0 N–H and O–H groups in total. The van der Waals surface area contributed by atoms with E-state index in [1.807, 2.05) is 35.6 Å². The van der Waals surface area contributed by atoms with E-state index in [0.29, 0.717) is 50.0 Å². The average molecular weight is 357 g/mol. The van der Waals surface area contributed by atoms with Gasteiger partial charge in [0.15, 0.2) is 11.5 Å². The van der Waals surface area contributed by atoms with Crippen molar-refractivity contribution in [1.82, 2.24) is 14.5 Å². The molecule has 0 saturated carbocycles. The van der Waals surface area contributed by atoms with Crippen molar-refractivity contribution in [3.8, 4) is 11.5 Å². The molecular weight excluding hydrogens is 334 g/mol. The monoisotopic (exact) mass is 357 g/mol. The van der Waals surface area contributed by atoms with Crippen LogP contribution in [0.1, 0.15) is 28.7 Å². The topological polar surface area (TPSA) is 65.8 Å². The lowest BCUT2D eigenvalue weighted by atomic mass is 10.0. The van der Waals surface area contributed by atoms with Crippen LogP contribution in [0.15, 0.2) is 24.5 Å². The number of aryl methyl sites for hydroxylation is 1. The van der Waals surface area contributed by atoms with Crippen molar-refractivity contribution < 1.29 is 19.0 Å². The number of amides is 1. The van der Waals surface area contributed by atoms with Crippen LogP contribution < -0.4 is 9.47 Å². The Balaban J connectivity index is 1.67. The minimum atomic E-state index is -0.0756. The molecule has 2 aromatic rings. The number of fused-ring (bicyclic) bond motifs is 2. The molecule has 0 bridgehead atoms. The molecule has 1 aromatic carbocycles. The molecule has 2 aliphatic heterocycles. The molecule has 0 spiro atoms. The Hall–Kier alpha value is -2.54. The van der Waals surface area contributed by atoms with Gasteiger partial charge in [0.1, 0.15) is 13.2 Å². The Labute approximate surface area is 152 Å². The SMILES string of the molecule is CCOC[C@H]1Cc2c(ncn2C)CN1C(=O)c1cccc2c1OCCO2. The maximum absolute atomic E-state index is 13.4. The van der Waals surface area contributed by atoms with Crippen LogP contribution in [-0.4, -0.2) is 52.8 Å². The normalized spacial score (nSPS) is 18.5. The highest BCUT2D eigenvalue weighted by Gasteiger charge is 2.34. The van der Waals surface area contributed by atoms with E-state index in [1.165, 1.54) is 0 Å². The van der Waals surface area contributed by atoms with Crippen LogP contribution in [0.4, 0.5) is 0 Å². The summed E-state index contributed by atoms with van der Waals surface area (Å²) in [5.41, 5.74) is 2.63. The van der Waals surface area contributed by atoms with E-state index in [-0.39, 0.29) is 11.9 Å². The minimum Gasteiger partial charge on any atom is -0.486 e. The number of hydrogen-bond donors (Lipinski definition) is 0. The van der Waals surface area contributed by atoms with Crippen LogP contribution in [0.5, 0.6) is 11.5 Å². The van der Waals surface area contributed by atoms with E-state index in [9.17, 15) is 4.79 Å². The van der Waals surface area contributed by atoms with Crippen molar-refractivity contribution >= 4 is 5.91 Å². The summed E-state index contributed by atoms with van der Waals surface area (Å²) < 4.78 is 19.0. The van der Waals surface area contributed by atoms with E-state index in [1.54, 1.807) is 12.4 Å². The number of benzene rings is 1. The van der Waals surface area contributed by atoms with E-state index >= 15 is 0 Å². The molecule has 3 heterocycles. The molecule has 26 heavy (non-hydrogen) atoms. The van der Waals surface area contributed by atoms with Gasteiger partial charge in [-0.25, -0.2) is 4.98 Å². The Kier molecular flexibility index (Phi) is 4.55. The summed E-state index contributed by atoms with van der Waals surface area (Å²) in [6, 6.07) is 5.41. The highest BCUT2D eigenvalue weighted by Crippen LogP contribution is 2.35. The molecule has 4 rings (SSSR count). The fourth-order valence-electron chi connectivity index (χ4n) is 3.56. The highest BCUT2D eigenvalue weighted by molar-refractivity contribution is 5.98. The van der Waals surface area contributed by atoms with Crippen LogP contribution in [0.25, 0.3) is 0 Å². The predicted molar refractivity (Wildman–Crippen MR) is 94.5 cm³/mol. The first kappa shape index (κ1) is 16.9. The Morgan fingerprint density at radius 3 is 3.04 bits per heavy atom. The summed E-state index contributed by atoms with van der Waals surface area (Å²) >= 11 is 0. The van der Waals surface area contributed by atoms with Crippen molar-refractivity contribution in [3.63, 3.8) is 0 Å². The van der Waals surface area contributed by atoms with Gasteiger partial charge in [0.2, 0.25) is 0 Å². The second-order valence-electron chi connectivity index (χ2n) is 6.53. The molecule has 7 nitrogen and oxygen atoms in total. The molecular formula is C19H23N3O4. The average Bonchev–Trinajstić information content (AvgIpc) is 3.04. The van der Waals surface area contributed by atoms with Crippen LogP contribution in [0.3, 0.4) is 0 Å². The summed E-state index contributed by atoms with van der Waals surface area (Å²) in [5, 5.41) is 0. The molecule has 138 valence electrons. The van der Waals surface area contributed by atoms with Crippen LogP contribution in [-0.2, 0) is 24.8 Å². The van der Waals surface area contributed by atoms with Gasteiger partial charge in [-0.2, -0.15) is 0 Å². The Morgan fingerprint density at radius 1 is 1.35 bits per heavy atom. The minimum absolute atomic E-state index is 0.0364. The van der Waals surface area contributed by atoms with Crippen molar-refractivity contribution in [2.75, 3.05) is 26.4 Å². The summed E-state index contributed by atoms with van der Waals surface area (Å²) in [5.74, 6) is 1.08. The van der Waals surface area contributed by atoms with Crippen molar-refractivity contribution in [1.29, 1.82) is 0 Å². The van der Waals surface area contributed by atoms with E-state index < -0.39 is 0 Å². The number of para-hydroxylation sites is 1. The maximum Gasteiger partial charge on any atom is 0.258 e. The molecule has 0 radical (unpaired) electrons. The first-order valence-corrected chi connectivity index (χ1v) is 8.95. The molecule has 0 fully saturated rings. The third-order valence-electron chi connectivity index (χ3n) is 4.91. The van der Waals surface area contributed by atoms with Crippen LogP contribution in [0.2, 0.25) is 0 Å². The lowest BCUT2D eigenvalue weighted by Crippen LogP contribution is -2.47. The van der Waals surface area contributed by atoms with Crippen LogP contribution in [0, 0.1) is 0 Å². The third-order valence-corrected chi connectivity index (χ3v) is 4.91. The van der Waals surface area contributed by atoms with Crippen molar-refractivity contribution in [2.24, 2.45) is 7.05 Å². The second kappa shape index (κ2) is 6.99. The summed E-state index contributed by atoms with van der Waals surface area (Å²) in [7, 11) is 1.99. The molecule has 2 aliphatic rings. The fraction of sp³-hybridized carbons (Fsp3) is 0.474. The Bertz CT molecular complexity index is 817. The standard InChI is InChI=1S/C19H23N3O4/c1-3-24-11-13-9-16-15(20-12-21(16)2)10-22(13)19(23)14-5-4-6-17-18(14)26-8-7-25-17/h4-6,12-13H,3,7-11H2,1-2H3/t13-/m1/s1. The molecule has 1 aromatic heterocycles. The third kappa shape index (κ3) is 2.92. The number of aromatic nitrogens is 2. The maximum atomic E-state index is 13.4. The molecule has 0 aliphatic carbocycles. The van der Waals surface area contributed by atoms with E-state index in [0.717, 1.165) is 17.8 Å². The van der Waals surface area contributed by atoms with E-state index in [4.69, 9.17) is 14.2 Å². The van der Waals surface area contributed by atoms with Crippen molar-refractivity contribution in [3.05, 3.63) is 41.5 Å². The number of carbonyl (C=O) groups excluding carboxylic acids is 1. The van der Waals surface area contributed by atoms with Gasteiger partial charge < -0.3 is 23.7 Å². The second-order valence-corrected chi connectivity index (χ2v) is 6.53. The smallest absolute Gasteiger partial charge is 0.258 e. The van der Waals surface area contributed by atoms with Gasteiger partial charge in [-0.1, -0.05) is 6.07 Å². The van der Waals surface area contributed by atoms with Gasteiger partial charge >= 0.3 is 0 Å². The molecule has 1 atom stereocenters. The lowest BCUT2D eigenvalue weighted by Gasteiger charge is -2.36. The number of carbonyl (C=O) groups is 1. The van der Waals surface area contributed by atoms with Gasteiger partial charge in [0, 0.05) is 25.8 Å². The van der Waals surface area contributed by atoms with Gasteiger partial charge in [0.25, 0.3) is 5.91 Å². The largest absolute Gasteiger partial charge is 0.486 e. The number of hydrogen-bond acceptors (Lipinski definition) is 5. The van der Waals surface area contributed by atoms with Gasteiger partial charge in [0.05, 0.1) is 36.8 Å².